The molecule has 25 heavy (non-hydrogen) atoms. The lowest BCUT2D eigenvalue weighted by atomic mass is 10.1. The standard InChI is InChI=1S/C19H18N2O4/c1-2-13-7-9-14(10-8-13)19(24)25-12-18(23)21-11-17(22)20-15-5-3-4-6-16(15)21/h3-10H,2,11-12H2,1H3,(H,20,22). The van der Waals surface area contributed by atoms with E-state index in [9.17, 15) is 14.4 Å². The topological polar surface area (TPSA) is 75.7 Å². The molecule has 6 heteroatoms. The van der Waals surface area contributed by atoms with Gasteiger partial charge in [0.05, 0.1) is 16.9 Å². The molecule has 128 valence electrons. The van der Waals surface area contributed by atoms with Gasteiger partial charge in [-0.3, -0.25) is 14.5 Å². The van der Waals surface area contributed by atoms with Crippen LogP contribution in [0.4, 0.5) is 11.4 Å². The maximum Gasteiger partial charge on any atom is 0.338 e. The van der Waals surface area contributed by atoms with Crippen LogP contribution in [-0.4, -0.2) is 30.9 Å². The van der Waals surface area contributed by atoms with Gasteiger partial charge in [0, 0.05) is 0 Å². The van der Waals surface area contributed by atoms with Gasteiger partial charge in [0.15, 0.2) is 6.61 Å². The van der Waals surface area contributed by atoms with Crippen LogP contribution >= 0.6 is 0 Å². The summed E-state index contributed by atoms with van der Waals surface area (Å²) in [5.74, 6) is -1.29. The number of fused-ring (bicyclic) bond motifs is 1. The summed E-state index contributed by atoms with van der Waals surface area (Å²) in [6.45, 7) is 1.51. The first kappa shape index (κ1) is 16.7. The summed E-state index contributed by atoms with van der Waals surface area (Å²) < 4.78 is 5.11. The number of hydrogen-bond donors (Lipinski definition) is 1. The molecule has 2 amide bonds. The van der Waals surface area contributed by atoms with Crippen molar-refractivity contribution < 1.29 is 19.1 Å². The zero-order valence-electron chi connectivity index (χ0n) is 13.8. The Labute approximate surface area is 145 Å². The van der Waals surface area contributed by atoms with Crippen LogP contribution < -0.4 is 10.2 Å². The number of nitrogens with zero attached hydrogens (tertiary/aromatic N) is 1. The molecule has 0 saturated carbocycles. The lowest BCUT2D eigenvalue weighted by Gasteiger charge is -2.28. The van der Waals surface area contributed by atoms with E-state index in [1.807, 2.05) is 19.1 Å². The molecule has 0 fully saturated rings. The molecule has 0 unspecified atom stereocenters. The maximum absolute atomic E-state index is 12.4. The highest BCUT2D eigenvalue weighted by Gasteiger charge is 2.27. The Kier molecular flexibility index (Phi) is 4.79. The number of carbonyl (C=O) groups excluding carboxylic acids is 3. The second-order valence-corrected chi connectivity index (χ2v) is 5.67. The molecule has 0 radical (unpaired) electrons. The van der Waals surface area contributed by atoms with Crippen molar-refractivity contribution in [3.63, 3.8) is 0 Å². The van der Waals surface area contributed by atoms with Crippen molar-refractivity contribution in [2.75, 3.05) is 23.4 Å². The van der Waals surface area contributed by atoms with E-state index in [0.717, 1.165) is 12.0 Å². The fourth-order valence-corrected chi connectivity index (χ4v) is 2.62. The quantitative estimate of drug-likeness (QED) is 0.869. The summed E-state index contributed by atoms with van der Waals surface area (Å²) >= 11 is 0. The van der Waals surface area contributed by atoms with Crippen molar-refractivity contribution in [2.24, 2.45) is 0 Å². The largest absolute Gasteiger partial charge is 0.452 e. The Morgan fingerprint density at radius 3 is 2.56 bits per heavy atom. The lowest BCUT2D eigenvalue weighted by Crippen LogP contribution is -2.44. The van der Waals surface area contributed by atoms with E-state index in [2.05, 4.69) is 5.32 Å². The molecule has 1 aliphatic rings. The summed E-state index contributed by atoms with van der Waals surface area (Å²) in [6, 6.07) is 14.1. The second-order valence-electron chi connectivity index (χ2n) is 5.67. The Morgan fingerprint density at radius 2 is 1.84 bits per heavy atom. The number of para-hydroxylation sites is 2. The number of hydrogen-bond acceptors (Lipinski definition) is 4. The van der Waals surface area contributed by atoms with E-state index in [1.54, 1.807) is 36.4 Å². The molecule has 6 nitrogen and oxygen atoms in total. The van der Waals surface area contributed by atoms with Crippen LogP contribution in [0.3, 0.4) is 0 Å². The van der Waals surface area contributed by atoms with Crippen LogP contribution in [0.1, 0.15) is 22.8 Å². The number of esters is 1. The molecule has 0 spiro atoms. The van der Waals surface area contributed by atoms with E-state index in [1.165, 1.54) is 4.90 Å². The first-order chi connectivity index (χ1) is 12.1. The van der Waals surface area contributed by atoms with Crippen molar-refractivity contribution in [3.05, 3.63) is 59.7 Å². The van der Waals surface area contributed by atoms with Gasteiger partial charge in [-0.15, -0.1) is 0 Å². The first-order valence-corrected chi connectivity index (χ1v) is 8.04. The summed E-state index contributed by atoms with van der Waals surface area (Å²) in [6.07, 6.45) is 0.879. The van der Waals surface area contributed by atoms with Gasteiger partial charge in [-0.25, -0.2) is 4.79 Å². The average molecular weight is 338 g/mol. The van der Waals surface area contributed by atoms with Crippen molar-refractivity contribution in [3.8, 4) is 0 Å². The minimum atomic E-state index is -0.564. The van der Waals surface area contributed by atoms with Crippen molar-refractivity contribution in [1.82, 2.24) is 0 Å². The van der Waals surface area contributed by atoms with Crippen LogP contribution in [0, 0.1) is 0 Å². The summed E-state index contributed by atoms with van der Waals surface area (Å²) in [7, 11) is 0. The third kappa shape index (κ3) is 3.68. The summed E-state index contributed by atoms with van der Waals surface area (Å²) in [5, 5.41) is 2.71. The number of aryl methyl sites for hydroxylation is 1. The highest BCUT2D eigenvalue weighted by molar-refractivity contribution is 6.10. The summed E-state index contributed by atoms with van der Waals surface area (Å²) in [4.78, 5) is 37.5. The molecule has 0 atom stereocenters. The highest BCUT2D eigenvalue weighted by atomic mass is 16.5. The van der Waals surface area contributed by atoms with Crippen molar-refractivity contribution in [2.45, 2.75) is 13.3 Å². The number of anilines is 2. The molecule has 0 aromatic heterocycles. The molecule has 0 aliphatic carbocycles. The van der Waals surface area contributed by atoms with E-state index >= 15 is 0 Å². The zero-order chi connectivity index (χ0) is 17.8. The molecule has 2 aromatic rings. The maximum atomic E-state index is 12.4. The molecular weight excluding hydrogens is 320 g/mol. The minimum absolute atomic E-state index is 0.0986. The molecule has 1 N–H and O–H groups in total. The van der Waals surface area contributed by atoms with Crippen LogP contribution in [0.15, 0.2) is 48.5 Å². The van der Waals surface area contributed by atoms with Crippen molar-refractivity contribution in [1.29, 1.82) is 0 Å². The Hall–Kier alpha value is -3.15. The predicted octanol–water partition coefficient (Wildman–Crippen LogP) is 2.39. The normalized spacial score (nSPS) is 13.0. The van der Waals surface area contributed by atoms with E-state index < -0.39 is 18.5 Å². The molecule has 3 rings (SSSR count). The van der Waals surface area contributed by atoms with E-state index in [0.29, 0.717) is 16.9 Å². The van der Waals surface area contributed by atoms with Crippen LogP contribution in [0.25, 0.3) is 0 Å². The number of nitrogens with one attached hydrogen (secondary N) is 1. The lowest BCUT2D eigenvalue weighted by molar-refractivity contribution is -0.124. The number of benzene rings is 2. The first-order valence-electron chi connectivity index (χ1n) is 8.04. The van der Waals surface area contributed by atoms with Gasteiger partial charge in [0.1, 0.15) is 6.54 Å². The van der Waals surface area contributed by atoms with E-state index in [4.69, 9.17) is 4.74 Å². The molecular formula is C19H18N2O4. The van der Waals surface area contributed by atoms with E-state index in [-0.39, 0.29) is 12.5 Å². The third-order valence-corrected chi connectivity index (χ3v) is 4.00. The fraction of sp³-hybridized carbons (Fsp3) is 0.211. The number of ether oxygens (including phenoxy) is 1. The molecule has 1 aliphatic heterocycles. The van der Waals surface area contributed by atoms with Crippen LogP contribution in [-0.2, 0) is 20.7 Å². The molecule has 0 saturated heterocycles. The van der Waals surface area contributed by atoms with Crippen molar-refractivity contribution >= 4 is 29.2 Å². The van der Waals surface area contributed by atoms with Crippen LogP contribution in [0.2, 0.25) is 0 Å². The SMILES string of the molecule is CCc1ccc(C(=O)OCC(=O)N2CC(=O)Nc3ccccc32)cc1. The Balaban J connectivity index is 1.66. The number of carbonyl (C=O) groups is 3. The molecule has 1 heterocycles. The van der Waals surface area contributed by atoms with Gasteiger partial charge in [-0.1, -0.05) is 31.2 Å². The van der Waals surface area contributed by atoms with Gasteiger partial charge >= 0.3 is 5.97 Å². The molecule has 0 bridgehead atoms. The van der Waals surface area contributed by atoms with Gasteiger partial charge in [-0.05, 0) is 36.2 Å². The van der Waals surface area contributed by atoms with Gasteiger partial charge in [-0.2, -0.15) is 0 Å². The smallest absolute Gasteiger partial charge is 0.338 e. The number of amides is 2. The Bertz CT molecular complexity index is 814. The second kappa shape index (κ2) is 7.17. The van der Waals surface area contributed by atoms with Gasteiger partial charge in [0.25, 0.3) is 5.91 Å². The average Bonchev–Trinajstić information content (AvgIpc) is 2.65. The van der Waals surface area contributed by atoms with Crippen LogP contribution in [0.5, 0.6) is 0 Å². The monoisotopic (exact) mass is 338 g/mol. The minimum Gasteiger partial charge on any atom is -0.452 e. The van der Waals surface area contributed by atoms with Gasteiger partial charge in [0.2, 0.25) is 5.91 Å². The Morgan fingerprint density at radius 1 is 1.12 bits per heavy atom. The zero-order valence-corrected chi connectivity index (χ0v) is 13.8. The fourth-order valence-electron chi connectivity index (χ4n) is 2.62. The highest BCUT2D eigenvalue weighted by Crippen LogP contribution is 2.28. The van der Waals surface area contributed by atoms with Gasteiger partial charge < -0.3 is 10.1 Å². The summed E-state index contributed by atoms with van der Waals surface area (Å²) in [5.41, 5.74) is 2.66. The molecule has 2 aromatic carbocycles. The predicted molar refractivity (Wildman–Crippen MR) is 93.5 cm³/mol. The number of rotatable bonds is 4. The third-order valence-electron chi connectivity index (χ3n) is 4.00.